The monoisotopic (exact) mass is 394 g/mol. The summed E-state index contributed by atoms with van der Waals surface area (Å²) in [5.74, 6) is -0.668. The Labute approximate surface area is 176 Å². The molecule has 0 saturated carbocycles. The van der Waals surface area contributed by atoms with Gasteiger partial charge in [-0.05, 0) is 32.1 Å². The fourth-order valence-corrected chi connectivity index (χ4v) is 3.76. The highest BCUT2D eigenvalue weighted by Gasteiger charge is 1.96. The van der Waals surface area contributed by atoms with Crippen LogP contribution in [0.2, 0.25) is 0 Å². The van der Waals surface area contributed by atoms with Crippen molar-refractivity contribution >= 4 is 5.97 Å². The van der Waals surface area contributed by atoms with E-state index in [2.05, 4.69) is 19.1 Å². The molecule has 0 aromatic carbocycles. The van der Waals surface area contributed by atoms with Gasteiger partial charge in [0.25, 0.3) is 0 Å². The van der Waals surface area contributed by atoms with Gasteiger partial charge in [0.15, 0.2) is 0 Å². The molecule has 0 radical (unpaired) electrons. The lowest BCUT2D eigenvalue weighted by Crippen LogP contribution is -1.93. The number of aliphatic carboxylic acids is 1. The number of unbranched alkanes of at least 4 members (excludes halogenated alkanes) is 19. The van der Waals surface area contributed by atoms with Crippen molar-refractivity contribution in [2.45, 2.75) is 148 Å². The molecule has 0 aromatic rings. The van der Waals surface area contributed by atoms with Gasteiger partial charge in [0, 0.05) is 6.42 Å². The van der Waals surface area contributed by atoms with Crippen molar-refractivity contribution < 1.29 is 9.90 Å². The van der Waals surface area contributed by atoms with E-state index in [0.717, 1.165) is 25.7 Å². The second-order valence-corrected chi connectivity index (χ2v) is 8.56. The SMILES string of the molecule is CCCCCCCCCCCCCCCCCCC=CCCCCCC(=O)O. The van der Waals surface area contributed by atoms with Crippen LogP contribution in [0.5, 0.6) is 0 Å². The summed E-state index contributed by atoms with van der Waals surface area (Å²) in [6, 6.07) is 0. The number of rotatable bonds is 23. The van der Waals surface area contributed by atoms with E-state index in [9.17, 15) is 4.79 Å². The molecule has 0 spiro atoms. The molecule has 0 rings (SSSR count). The molecule has 1 N–H and O–H groups in total. The van der Waals surface area contributed by atoms with E-state index < -0.39 is 5.97 Å². The lowest BCUT2D eigenvalue weighted by atomic mass is 10.0. The van der Waals surface area contributed by atoms with Crippen molar-refractivity contribution in [3.05, 3.63) is 12.2 Å². The highest BCUT2D eigenvalue weighted by Crippen LogP contribution is 2.14. The van der Waals surface area contributed by atoms with Gasteiger partial charge in [0.1, 0.15) is 0 Å². The van der Waals surface area contributed by atoms with E-state index in [1.165, 1.54) is 109 Å². The van der Waals surface area contributed by atoms with Crippen molar-refractivity contribution in [1.82, 2.24) is 0 Å². The summed E-state index contributed by atoms with van der Waals surface area (Å²) in [6.07, 6.45) is 33.1. The Bertz CT molecular complexity index is 335. The Balaban J connectivity index is 3.06. The minimum Gasteiger partial charge on any atom is -0.481 e. The summed E-state index contributed by atoms with van der Waals surface area (Å²) in [6.45, 7) is 2.29. The zero-order valence-electron chi connectivity index (χ0n) is 19.1. The second kappa shape index (κ2) is 24.2. The first kappa shape index (κ1) is 27.2. The number of allylic oxidation sites excluding steroid dienone is 2. The highest BCUT2D eigenvalue weighted by atomic mass is 16.4. The number of hydrogen-bond donors (Lipinski definition) is 1. The zero-order valence-corrected chi connectivity index (χ0v) is 19.1. The smallest absolute Gasteiger partial charge is 0.303 e. The summed E-state index contributed by atoms with van der Waals surface area (Å²) >= 11 is 0. The van der Waals surface area contributed by atoms with E-state index in [4.69, 9.17) is 5.11 Å². The van der Waals surface area contributed by atoms with Crippen LogP contribution >= 0.6 is 0 Å². The molecule has 0 aliphatic heterocycles. The Hall–Kier alpha value is -0.790. The van der Waals surface area contributed by atoms with Crippen LogP contribution in [0, 0.1) is 0 Å². The van der Waals surface area contributed by atoms with Crippen molar-refractivity contribution in [3.63, 3.8) is 0 Å². The first-order valence-corrected chi connectivity index (χ1v) is 12.6. The fraction of sp³-hybridized carbons (Fsp3) is 0.885. The number of carbonyl (C=O) groups is 1. The predicted octanol–water partition coefficient (Wildman–Crippen LogP) is 9.23. The van der Waals surface area contributed by atoms with Crippen molar-refractivity contribution in [2.24, 2.45) is 0 Å². The fourth-order valence-electron chi connectivity index (χ4n) is 3.76. The Morgan fingerprint density at radius 1 is 0.536 bits per heavy atom. The Morgan fingerprint density at radius 3 is 1.21 bits per heavy atom. The molecule has 2 nitrogen and oxygen atoms in total. The van der Waals surface area contributed by atoms with Crippen LogP contribution in [-0.4, -0.2) is 11.1 Å². The molecule has 0 atom stereocenters. The maximum Gasteiger partial charge on any atom is 0.303 e. The largest absolute Gasteiger partial charge is 0.481 e. The van der Waals surface area contributed by atoms with Gasteiger partial charge in [-0.2, -0.15) is 0 Å². The van der Waals surface area contributed by atoms with Gasteiger partial charge in [0.2, 0.25) is 0 Å². The molecule has 0 amide bonds. The summed E-state index contributed by atoms with van der Waals surface area (Å²) in [4.78, 5) is 10.4. The van der Waals surface area contributed by atoms with Gasteiger partial charge in [0.05, 0.1) is 0 Å². The summed E-state index contributed by atoms with van der Waals surface area (Å²) in [5.41, 5.74) is 0. The number of carboxylic acid groups (broad SMARTS) is 1. The van der Waals surface area contributed by atoms with Crippen LogP contribution in [0.3, 0.4) is 0 Å². The summed E-state index contributed by atoms with van der Waals surface area (Å²) < 4.78 is 0. The molecule has 28 heavy (non-hydrogen) atoms. The van der Waals surface area contributed by atoms with E-state index in [0.29, 0.717) is 6.42 Å². The summed E-state index contributed by atoms with van der Waals surface area (Å²) in [5, 5.41) is 8.57. The third-order valence-electron chi connectivity index (χ3n) is 5.65. The molecule has 0 saturated heterocycles. The minimum atomic E-state index is -0.668. The lowest BCUT2D eigenvalue weighted by molar-refractivity contribution is -0.137. The van der Waals surface area contributed by atoms with Crippen LogP contribution in [-0.2, 0) is 4.79 Å². The second-order valence-electron chi connectivity index (χ2n) is 8.56. The average Bonchev–Trinajstić information content (AvgIpc) is 2.68. The summed E-state index contributed by atoms with van der Waals surface area (Å²) in [7, 11) is 0. The van der Waals surface area contributed by atoms with E-state index in [1.54, 1.807) is 0 Å². The molecule has 166 valence electrons. The molecule has 0 aliphatic rings. The van der Waals surface area contributed by atoms with Crippen LogP contribution < -0.4 is 0 Å². The number of hydrogen-bond acceptors (Lipinski definition) is 1. The van der Waals surface area contributed by atoms with Gasteiger partial charge in [-0.1, -0.05) is 122 Å². The van der Waals surface area contributed by atoms with E-state index in [1.807, 2.05) is 0 Å². The normalized spacial score (nSPS) is 11.5. The predicted molar refractivity (Wildman–Crippen MR) is 124 cm³/mol. The van der Waals surface area contributed by atoms with E-state index in [-0.39, 0.29) is 0 Å². The lowest BCUT2D eigenvalue weighted by Gasteiger charge is -2.03. The van der Waals surface area contributed by atoms with Gasteiger partial charge < -0.3 is 5.11 Å². The molecule has 0 heterocycles. The molecule has 0 unspecified atom stereocenters. The maximum atomic E-state index is 10.4. The van der Waals surface area contributed by atoms with Crippen LogP contribution in [0.25, 0.3) is 0 Å². The minimum absolute atomic E-state index is 0.322. The molecule has 0 fully saturated rings. The van der Waals surface area contributed by atoms with Gasteiger partial charge in [-0.3, -0.25) is 4.79 Å². The average molecular weight is 395 g/mol. The van der Waals surface area contributed by atoms with Gasteiger partial charge in [-0.25, -0.2) is 0 Å². The third-order valence-corrected chi connectivity index (χ3v) is 5.65. The van der Waals surface area contributed by atoms with E-state index >= 15 is 0 Å². The van der Waals surface area contributed by atoms with Crippen LogP contribution in [0.4, 0.5) is 0 Å². The molecule has 0 aliphatic carbocycles. The first-order chi connectivity index (χ1) is 13.8. The van der Waals surface area contributed by atoms with Crippen molar-refractivity contribution in [3.8, 4) is 0 Å². The van der Waals surface area contributed by atoms with Crippen LogP contribution in [0.15, 0.2) is 12.2 Å². The van der Waals surface area contributed by atoms with Crippen molar-refractivity contribution in [2.75, 3.05) is 0 Å². The highest BCUT2D eigenvalue weighted by molar-refractivity contribution is 5.66. The Kier molecular flexibility index (Phi) is 23.6. The zero-order chi connectivity index (χ0) is 20.5. The molecule has 2 heteroatoms. The molecular weight excluding hydrogens is 344 g/mol. The molecule has 0 aromatic heterocycles. The molecule has 0 bridgehead atoms. The Morgan fingerprint density at radius 2 is 0.857 bits per heavy atom. The van der Waals surface area contributed by atoms with Crippen molar-refractivity contribution in [1.29, 1.82) is 0 Å². The number of carboxylic acids is 1. The quantitative estimate of drug-likeness (QED) is 0.138. The standard InChI is InChI=1S/C26H50O2/c1-2-3-4-5-6-7-8-9-10-11-12-13-14-15-16-17-18-19-20-21-22-23-24-25-26(27)28/h19-20H,2-18,21-25H2,1H3,(H,27,28). The first-order valence-electron chi connectivity index (χ1n) is 12.6. The topological polar surface area (TPSA) is 37.3 Å². The van der Waals surface area contributed by atoms with Gasteiger partial charge in [-0.15, -0.1) is 0 Å². The molecular formula is C26H50O2. The van der Waals surface area contributed by atoms with Gasteiger partial charge >= 0.3 is 5.97 Å². The maximum absolute atomic E-state index is 10.4. The third kappa shape index (κ3) is 25.2. The van der Waals surface area contributed by atoms with Crippen LogP contribution in [0.1, 0.15) is 148 Å².